The quantitative estimate of drug-likeness (QED) is 0.609. The lowest BCUT2D eigenvalue weighted by molar-refractivity contribution is -0.137. The van der Waals surface area contributed by atoms with E-state index in [1.54, 1.807) is 7.11 Å². The molecule has 3 rings (SSSR count). The average Bonchev–Trinajstić information content (AvgIpc) is 2.56. The highest BCUT2D eigenvalue weighted by Gasteiger charge is 2.53. The van der Waals surface area contributed by atoms with E-state index in [1.165, 1.54) is 0 Å². The molecule has 0 aliphatic heterocycles. The Balaban J connectivity index is 2.21. The van der Waals surface area contributed by atoms with Crippen LogP contribution >= 0.6 is 0 Å². The predicted molar refractivity (Wildman–Crippen MR) is 94.8 cm³/mol. The van der Waals surface area contributed by atoms with E-state index in [2.05, 4.69) is 32.7 Å². The number of ether oxygens (including phenoxy) is 1. The lowest BCUT2D eigenvalue weighted by Gasteiger charge is -2.49. The molecule has 136 valence electrons. The molecule has 0 saturated heterocycles. The van der Waals surface area contributed by atoms with Gasteiger partial charge in [-0.1, -0.05) is 34.6 Å². The van der Waals surface area contributed by atoms with Crippen LogP contribution in [0.3, 0.4) is 0 Å². The van der Waals surface area contributed by atoms with Gasteiger partial charge >= 0.3 is 0 Å². The zero-order chi connectivity index (χ0) is 18.6. The number of rotatable bonds is 2. The zero-order valence-corrected chi connectivity index (χ0v) is 16.0. The van der Waals surface area contributed by atoms with E-state index in [4.69, 9.17) is 9.72 Å². The fraction of sp³-hybridized carbons (Fsp3) is 0.700. The summed E-state index contributed by atoms with van der Waals surface area (Å²) in [4.78, 5) is 33.6. The second-order valence-electron chi connectivity index (χ2n) is 8.83. The predicted octanol–water partition coefficient (Wildman–Crippen LogP) is 3.03. The summed E-state index contributed by atoms with van der Waals surface area (Å²) < 4.78 is 5.59. The number of aldehydes is 1. The van der Waals surface area contributed by atoms with Gasteiger partial charge in [0.25, 0.3) is 0 Å². The van der Waals surface area contributed by atoms with Crippen LogP contribution in [0.15, 0.2) is 0 Å². The summed E-state index contributed by atoms with van der Waals surface area (Å²) in [5.41, 5.74) is 1.52. The third kappa shape index (κ3) is 2.68. The number of Topliss-reactive ketones (excluding diaryl/α,β-unsaturated/α-hetero) is 1. The standard InChI is InChI=1S/C20H28N2O3/c1-11-14-8-7-13-16(20(14,5)9-12(10-23)15(11)24)21-18(19(2,3)4)22-17(13)25-6/h10-12,14H,7-9H2,1-6H3/t11-,12?,14-,20-/m0/s1. The average molecular weight is 344 g/mol. The molecule has 1 fully saturated rings. The Kier molecular flexibility index (Phi) is 4.25. The summed E-state index contributed by atoms with van der Waals surface area (Å²) in [5.74, 6) is 1.01. The van der Waals surface area contributed by atoms with Gasteiger partial charge in [0.2, 0.25) is 5.88 Å². The van der Waals surface area contributed by atoms with Gasteiger partial charge in [-0.25, -0.2) is 4.98 Å². The van der Waals surface area contributed by atoms with Gasteiger partial charge in [0.15, 0.2) is 0 Å². The number of fused-ring (bicyclic) bond motifs is 3. The summed E-state index contributed by atoms with van der Waals surface area (Å²) in [7, 11) is 1.64. The molecule has 2 aliphatic carbocycles. The Labute approximate surface area is 149 Å². The summed E-state index contributed by atoms with van der Waals surface area (Å²) >= 11 is 0. The lowest BCUT2D eigenvalue weighted by atomic mass is 9.54. The Bertz CT molecular complexity index is 722. The fourth-order valence-corrected chi connectivity index (χ4v) is 4.72. The van der Waals surface area contributed by atoms with E-state index in [0.29, 0.717) is 12.3 Å². The zero-order valence-electron chi connectivity index (χ0n) is 16.0. The summed E-state index contributed by atoms with van der Waals surface area (Å²) in [6.45, 7) is 10.4. The maximum absolute atomic E-state index is 12.5. The number of aromatic nitrogens is 2. The van der Waals surface area contributed by atoms with Gasteiger partial charge in [0.05, 0.1) is 18.7 Å². The molecule has 2 aliphatic rings. The van der Waals surface area contributed by atoms with Gasteiger partial charge in [-0.2, -0.15) is 4.98 Å². The van der Waals surface area contributed by atoms with Crippen LogP contribution in [0, 0.1) is 17.8 Å². The third-order valence-corrected chi connectivity index (χ3v) is 6.12. The van der Waals surface area contributed by atoms with Gasteiger partial charge in [-0.05, 0) is 25.2 Å². The number of ketones is 1. The van der Waals surface area contributed by atoms with Crippen LogP contribution in [0.4, 0.5) is 0 Å². The maximum Gasteiger partial charge on any atom is 0.219 e. The van der Waals surface area contributed by atoms with Crippen molar-refractivity contribution in [3.8, 4) is 5.88 Å². The Morgan fingerprint density at radius 1 is 1.28 bits per heavy atom. The first-order chi connectivity index (χ1) is 11.6. The first kappa shape index (κ1) is 18.0. The highest BCUT2D eigenvalue weighted by molar-refractivity contribution is 5.96. The summed E-state index contributed by atoms with van der Waals surface area (Å²) in [5, 5.41) is 0. The maximum atomic E-state index is 12.5. The van der Waals surface area contributed by atoms with Crippen molar-refractivity contribution >= 4 is 12.1 Å². The molecule has 1 aromatic rings. The molecular weight excluding hydrogens is 316 g/mol. The van der Waals surface area contributed by atoms with Crippen molar-refractivity contribution in [2.45, 2.75) is 64.7 Å². The van der Waals surface area contributed by atoms with E-state index < -0.39 is 5.92 Å². The molecule has 5 nitrogen and oxygen atoms in total. The molecule has 0 radical (unpaired) electrons. The van der Waals surface area contributed by atoms with Crippen molar-refractivity contribution in [3.63, 3.8) is 0 Å². The summed E-state index contributed by atoms with van der Waals surface area (Å²) in [6.07, 6.45) is 3.06. The first-order valence-corrected chi connectivity index (χ1v) is 9.08. The van der Waals surface area contributed by atoms with Crippen molar-refractivity contribution in [1.29, 1.82) is 0 Å². The Morgan fingerprint density at radius 3 is 2.52 bits per heavy atom. The second-order valence-corrected chi connectivity index (χ2v) is 8.83. The monoisotopic (exact) mass is 344 g/mol. The molecule has 1 unspecified atom stereocenters. The minimum atomic E-state index is -0.541. The molecule has 0 spiro atoms. The molecule has 1 heterocycles. The molecule has 25 heavy (non-hydrogen) atoms. The number of methoxy groups -OCH3 is 1. The molecule has 1 aromatic heterocycles. The van der Waals surface area contributed by atoms with Gasteiger partial charge in [-0.15, -0.1) is 0 Å². The normalized spacial score (nSPS) is 31.9. The summed E-state index contributed by atoms with van der Waals surface area (Å²) in [6, 6.07) is 0. The van der Waals surface area contributed by atoms with E-state index in [1.807, 2.05) is 6.92 Å². The first-order valence-electron chi connectivity index (χ1n) is 9.08. The number of hydrogen-bond donors (Lipinski definition) is 0. The van der Waals surface area contributed by atoms with Crippen LogP contribution in [0.25, 0.3) is 0 Å². The van der Waals surface area contributed by atoms with Crippen molar-refractivity contribution in [2.24, 2.45) is 17.8 Å². The van der Waals surface area contributed by atoms with Gasteiger partial charge in [0, 0.05) is 22.3 Å². The van der Waals surface area contributed by atoms with E-state index >= 15 is 0 Å². The number of hydrogen-bond acceptors (Lipinski definition) is 5. The van der Waals surface area contributed by atoms with Crippen molar-refractivity contribution < 1.29 is 14.3 Å². The smallest absolute Gasteiger partial charge is 0.219 e. The molecule has 0 aromatic carbocycles. The van der Waals surface area contributed by atoms with Crippen LogP contribution in [-0.4, -0.2) is 29.1 Å². The molecule has 4 atom stereocenters. The van der Waals surface area contributed by atoms with Crippen LogP contribution < -0.4 is 4.74 Å². The van der Waals surface area contributed by atoms with Crippen LogP contribution in [-0.2, 0) is 26.8 Å². The minimum Gasteiger partial charge on any atom is -0.481 e. The van der Waals surface area contributed by atoms with Gasteiger partial charge in [0.1, 0.15) is 17.9 Å². The number of carbonyl (C=O) groups excluding carboxylic acids is 2. The number of carbonyl (C=O) groups is 2. The van der Waals surface area contributed by atoms with E-state index in [-0.39, 0.29) is 28.4 Å². The van der Waals surface area contributed by atoms with Gasteiger partial charge < -0.3 is 9.53 Å². The molecular formula is C20H28N2O3. The highest BCUT2D eigenvalue weighted by Crippen LogP contribution is 2.53. The van der Waals surface area contributed by atoms with E-state index in [9.17, 15) is 9.59 Å². The minimum absolute atomic E-state index is 0.0815. The molecule has 0 amide bonds. The molecule has 0 N–H and O–H groups in total. The highest BCUT2D eigenvalue weighted by atomic mass is 16.5. The van der Waals surface area contributed by atoms with Crippen molar-refractivity contribution in [3.05, 3.63) is 17.1 Å². The second kappa shape index (κ2) is 5.89. The van der Waals surface area contributed by atoms with Crippen LogP contribution in [0.1, 0.15) is 64.5 Å². The SMILES string of the molecule is COc1nc(C(C)(C)C)nc2c1CC[C@H]1[C@H](C)C(=O)C(C=O)C[C@]21C. The van der Waals surface area contributed by atoms with Crippen LogP contribution in [0.2, 0.25) is 0 Å². The van der Waals surface area contributed by atoms with E-state index in [0.717, 1.165) is 36.2 Å². The Hall–Kier alpha value is -1.78. The Morgan fingerprint density at radius 2 is 1.96 bits per heavy atom. The lowest BCUT2D eigenvalue weighted by Crippen LogP contribution is -2.51. The third-order valence-electron chi connectivity index (χ3n) is 6.12. The number of nitrogens with zero attached hydrogens (tertiary/aromatic N) is 2. The van der Waals surface area contributed by atoms with Crippen molar-refractivity contribution in [2.75, 3.05) is 7.11 Å². The molecule has 1 saturated carbocycles. The fourth-order valence-electron chi connectivity index (χ4n) is 4.72. The largest absolute Gasteiger partial charge is 0.481 e. The molecule has 0 bridgehead atoms. The van der Waals surface area contributed by atoms with Gasteiger partial charge in [-0.3, -0.25) is 4.79 Å². The topological polar surface area (TPSA) is 69.2 Å². The van der Waals surface area contributed by atoms with Crippen molar-refractivity contribution in [1.82, 2.24) is 9.97 Å². The molecule has 5 heteroatoms. The van der Waals surface area contributed by atoms with Crippen LogP contribution in [0.5, 0.6) is 5.88 Å².